The van der Waals surface area contributed by atoms with Crippen molar-refractivity contribution in [1.29, 1.82) is 0 Å². The van der Waals surface area contributed by atoms with Gasteiger partial charge in [-0.25, -0.2) is 0 Å². The van der Waals surface area contributed by atoms with Crippen molar-refractivity contribution in [3.63, 3.8) is 0 Å². The van der Waals surface area contributed by atoms with Crippen LogP contribution in [0.1, 0.15) is 28.8 Å². The number of aromatic nitrogens is 4. The van der Waals surface area contributed by atoms with E-state index >= 15 is 0 Å². The first-order valence-corrected chi connectivity index (χ1v) is 11.7. The number of fused-ring (bicyclic) bond motifs is 1. The van der Waals surface area contributed by atoms with E-state index in [0.717, 1.165) is 40.6 Å². The summed E-state index contributed by atoms with van der Waals surface area (Å²) in [4.78, 5) is 26.7. The number of H-pyrrole nitrogens is 1. The van der Waals surface area contributed by atoms with Crippen molar-refractivity contribution in [3.8, 4) is 17.0 Å². The van der Waals surface area contributed by atoms with Crippen LogP contribution in [0, 0.1) is 6.92 Å². The van der Waals surface area contributed by atoms with Crippen LogP contribution in [0.5, 0.6) is 5.88 Å². The maximum atomic E-state index is 12.3. The van der Waals surface area contributed by atoms with Gasteiger partial charge in [-0.05, 0) is 36.8 Å². The third kappa shape index (κ3) is 4.72. The zero-order valence-electron chi connectivity index (χ0n) is 20.5. The smallest absolute Gasteiger partial charge is 0.253 e. The molecule has 0 unspecified atom stereocenters. The predicted octanol–water partition coefficient (Wildman–Crippen LogP) is 4.28. The van der Waals surface area contributed by atoms with Crippen molar-refractivity contribution < 1.29 is 14.3 Å². The summed E-state index contributed by atoms with van der Waals surface area (Å²) in [5.74, 6) is 0.932. The van der Waals surface area contributed by atoms with Gasteiger partial charge in [0, 0.05) is 75.0 Å². The lowest BCUT2D eigenvalue weighted by Crippen LogP contribution is -2.26. The number of anilines is 2. The van der Waals surface area contributed by atoms with Gasteiger partial charge in [0.15, 0.2) is 0 Å². The molecule has 0 aliphatic carbocycles. The first-order chi connectivity index (χ1) is 16.9. The minimum Gasteiger partial charge on any atom is -0.474 e. The van der Waals surface area contributed by atoms with Crippen LogP contribution in [0.2, 0.25) is 0 Å². The molecule has 4 aromatic rings. The molecule has 0 bridgehead atoms. The van der Waals surface area contributed by atoms with Crippen molar-refractivity contribution >= 4 is 28.6 Å². The third-order valence-electron chi connectivity index (χ3n) is 6.21. The Hall–Kier alpha value is -3.85. The quantitative estimate of drug-likeness (QED) is 0.433. The van der Waals surface area contributed by atoms with Crippen molar-refractivity contribution in [3.05, 3.63) is 54.0 Å². The number of carbonyl (C=O) groups is 1. The predicted molar refractivity (Wildman–Crippen MR) is 135 cm³/mol. The number of carbonyl (C=O) groups excluding carboxylic acids is 1. The maximum Gasteiger partial charge on any atom is 0.253 e. The van der Waals surface area contributed by atoms with Crippen molar-refractivity contribution in [2.24, 2.45) is 7.05 Å². The maximum absolute atomic E-state index is 12.3. The Morgan fingerprint density at radius 3 is 2.71 bits per heavy atom. The normalized spacial score (nSPS) is 14.3. The summed E-state index contributed by atoms with van der Waals surface area (Å²) in [6.45, 7) is 3.31. The minimum absolute atomic E-state index is 0.0336. The highest BCUT2D eigenvalue weighted by Crippen LogP contribution is 2.36. The van der Waals surface area contributed by atoms with Gasteiger partial charge in [0.05, 0.1) is 18.6 Å². The Morgan fingerprint density at radius 2 is 2.03 bits per heavy atom. The van der Waals surface area contributed by atoms with Crippen LogP contribution >= 0.6 is 0 Å². The van der Waals surface area contributed by atoms with Crippen molar-refractivity contribution in [2.75, 3.05) is 32.6 Å². The van der Waals surface area contributed by atoms with Gasteiger partial charge < -0.3 is 29.2 Å². The van der Waals surface area contributed by atoms with Gasteiger partial charge in [-0.1, -0.05) is 0 Å². The molecule has 1 aromatic carbocycles. The van der Waals surface area contributed by atoms with E-state index in [0.29, 0.717) is 36.3 Å². The lowest BCUT2D eigenvalue weighted by atomic mass is 10.1. The number of nitrogens with one attached hydrogen (secondary N) is 2. The van der Waals surface area contributed by atoms with Gasteiger partial charge in [-0.3, -0.25) is 4.79 Å². The molecule has 35 heavy (non-hydrogen) atoms. The van der Waals surface area contributed by atoms with E-state index in [1.165, 1.54) is 0 Å². The molecule has 1 aliphatic rings. The molecule has 4 heterocycles. The first kappa shape index (κ1) is 22.9. The lowest BCUT2D eigenvalue weighted by molar-refractivity contribution is 0.0244. The minimum atomic E-state index is -0.0377. The van der Waals surface area contributed by atoms with E-state index in [2.05, 4.69) is 22.6 Å². The van der Waals surface area contributed by atoms with E-state index in [1.54, 1.807) is 25.1 Å². The molecule has 0 spiro atoms. The fourth-order valence-corrected chi connectivity index (χ4v) is 4.30. The van der Waals surface area contributed by atoms with Crippen LogP contribution in [-0.2, 0) is 11.8 Å². The highest BCUT2D eigenvalue weighted by atomic mass is 16.5. The molecule has 3 aromatic heterocycles. The summed E-state index contributed by atoms with van der Waals surface area (Å²) in [6, 6.07) is 7.61. The molecule has 1 fully saturated rings. The number of hydrogen-bond acceptors (Lipinski definition) is 6. The summed E-state index contributed by atoms with van der Waals surface area (Å²) in [6.07, 6.45) is 7.69. The largest absolute Gasteiger partial charge is 0.474 e. The number of nitrogens with zero attached hydrogens (tertiary/aromatic N) is 4. The van der Waals surface area contributed by atoms with Crippen LogP contribution in [0.4, 0.5) is 11.6 Å². The molecule has 2 N–H and O–H groups in total. The van der Waals surface area contributed by atoms with E-state index in [9.17, 15) is 4.79 Å². The molecule has 1 aliphatic heterocycles. The highest BCUT2D eigenvalue weighted by Gasteiger charge is 2.22. The molecule has 1 amide bonds. The highest BCUT2D eigenvalue weighted by molar-refractivity contribution is 5.98. The number of aromatic amines is 1. The van der Waals surface area contributed by atoms with Gasteiger partial charge in [0.25, 0.3) is 5.91 Å². The van der Waals surface area contributed by atoms with Gasteiger partial charge in [-0.15, -0.1) is 0 Å². The van der Waals surface area contributed by atoms with E-state index < -0.39 is 0 Å². The Morgan fingerprint density at radius 1 is 1.23 bits per heavy atom. The Balaban J connectivity index is 1.52. The average Bonchev–Trinajstić information content (AvgIpc) is 3.46. The van der Waals surface area contributed by atoms with Crippen LogP contribution in [0.25, 0.3) is 22.2 Å². The zero-order valence-corrected chi connectivity index (χ0v) is 20.5. The van der Waals surface area contributed by atoms with Crippen LogP contribution < -0.4 is 10.1 Å². The number of aryl methyl sites for hydroxylation is 2. The Labute approximate surface area is 204 Å². The summed E-state index contributed by atoms with van der Waals surface area (Å²) in [5.41, 5.74) is 5.14. The molecule has 182 valence electrons. The number of benzene rings is 1. The molecule has 9 nitrogen and oxygen atoms in total. The second kappa shape index (κ2) is 9.42. The summed E-state index contributed by atoms with van der Waals surface area (Å²) in [5, 5.41) is 4.17. The van der Waals surface area contributed by atoms with Crippen LogP contribution in [0.3, 0.4) is 0 Å². The van der Waals surface area contributed by atoms with Gasteiger partial charge in [0.2, 0.25) is 11.8 Å². The first-order valence-electron chi connectivity index (χ1n) is 11.7. The summed E-state index contributed by atoms with van der Waals surface area (Å²) >= 11 is 0. The molecule has 5 rings (SSSR count). The monoisotopic (exact) mass is 474 g/mol. The van der Waals surface area contributed by atoms with Crippen LogP contribution in [-0.4, -0.2) is 63.7 Å². The molecule has 0 atom stereocenters. The summed E-state index contributed by atoms with van der Waals surface area (Å²) in [7, 11) is 5.48. The fourth-order valence-electron chi connectivity index (χ4n) is 4.30. The zero-order chi connectivity index (χ0) is 24.5. The van der Waals surface area contributed by atoms with Crippen molar-refractivity contribution in [1.82, 2.24) is 24.4 Å². The Bertz CT molecular complexity index is 1370. The standard InChI is InChI=1S/C26H30N6O3/c1-16-13-17(25(33)31(2)3)5-6-21(16)28-26-29-23-22(20(14-27-23)18-7-10-32(4)15-18)24(30-26)35-19-8-11-34-12-9-19/h5-7,10,13-15,19H,8-9,11-12H2,1-4H3,(H2,27,28,29,30). The second-order valence-corrected chi connectivity index (χ2v) is 9.13. The number of rotatable bonds is 6. The van der Waals surface area contributed by atoms with E-state index in [4.69, 9.17) is 19.4 Å². The summed E-state index contributed by atoms with van der Waals surface area (Å²) < 4.78 is 13.9. The SMILES string of the molecule is Cc1cc(C(=O)N(C)C)ccc1Nc1nc(OC2CCOCC2)c2c(-c3ccn(C)c3)c[nH]c2n1. The molecule has 0 radical (unpaired) electrons. The van der Waals surface area contributed by atoms with Crippen molar-refractivity contribution in [2.45, 2.75) is 25.9 Å². The lowest BCUT2D eigenvalue weighted by Gasteiger charge is -2.23. The number of amides is 1. The molecule has 0 saturated carbocycles. The van der Waals surface area contributed by atoms with E-state index in [1.807, 2.05) is 43.1 Å². The number of ether oxygens (including phenoxy) is 2. The average molecular weight is 475 g/mol. The Kier molecular flexibility index (Phi) is 6.17. The van der Waals surface area contributed by atoms with E-state index in [-0.39, 0.29) is 12.0 Å². The van der Waals surface area contributed by atoms with Gasteiger partial charge in [-0.2, -0.15) is 9.97 Å². The topological polar surface area (TPSA) is 97.3 Å². The third-order valence-corrected chi connectivity index (χ3v) is 6.21. The molecular weight excluding hydrogens is 444 g/mol. The molecule has 1 saturated heterocycles. The van der Waals surface area contributed by atoms with Gasteiger partial charge in [0.1, 0.15) is 11.8 Å². The number of hydrogen-bond donors (Lipinski definition) is 2. The molecular formula is C26H30N6O3. The van der Waals surface area contributed by atoms with Gasteiger partial charge >= 0.3 is 0 Å². The second-order valence-electron chi connectivity index (χ2n) is 9.13. The van der Waals surface area contributed by atoms with Crippen LogP contribution in [0.15, 0.2) is 42.9 Å². The fraction of sp³-hybridized carbons (Fsp3) is 0.346. The molecule has 9 heteroatoms.